The van der Waals surface area contributed by atoms with Gasteiger partial charge < -0.3 is 4.98 Å². The van der Waals surface area contributed by atoms with Crippen LogP contribution in [0.4, 0.5) is 0 Å². The number of aromatic amines is 1. The molecule has 0 radical (unpaired) electrons. The van der Waals surface area contributed by atoms with Crippen LogP contribution in [0.3, 0.4) is 0 Å². The molecule has 1 heterocycles. The molecule has 4 heteroatoms. The molecule has 0 aliphatic heterocycles. The van der Waals surface area contributed by atoms with Gasteiger partial charge in [-0.15, -0.1) is 11.8 Å². The van der Waals surface area contributed by atoms with Crippen molar-refractivity contribution in [3.05, 3.63) is 69.3 Å². The zero-order valence-corrected chi connectivity index (χ0v) is 14.6. The summed E-state index contributed by atoms with van der Waals surface area (Å²) in [5, 5.41) is 0.712. The van der Waals surface area contributed by atoms with Gasteiger partial charge in [-0.05, 0) is 51.0 Å². The topological polar surface area (TPSA) is 45.8 Å². The second-order valence-electron chi connectivity index (χ2n) is 5.96. The van der Waals surface area contributed by atoms with Crippen LogP contribution in [0.25, 0.3) is 10.9 Å². The van der Waals surface area contributed by atoms with E-state index in [1.54, 1.807) is 17.8 Å². The Morgan fingerprint density at radius 3 is 2.43 bits per heavy atom. The SMILES string of the molecule is Cc1cc(C)c(SC(C)c2nc3ccccc3c(=O)[nH]2)c(C)c1. The first-order chi connectivity index (χ1) is 11.0. The van der Waals surface area contributed by atoms with Crippen LogP contribution in [0.2, 0.25) is 0 Å². The Bertz CT molecular complexity index is 907. The molecule has 1 N–H and O–H groups in total. The summed E-state index contributed by atoms with van der Waals surface area (Å²) in [6.07, 6.45) is 0. The van der Waals surface area contributed by atoms with Crippen molar-refractivity contribution in [2.45, 2.75) is 37.8 Å². The summed E-state index contributed by atoms with van der Waals surface area (Å²) in [4.78, 5) is 21.1. The molecular formula is C19H20N2OS. The quantitative estimate of drug-likeness (QED) is 0.710. The minimum atomic E-state index is -0.0737. The van der Waals surface area contributed by atoms with Gasteiger partial charge in [0, 0.05) is 4.90 Å². The van der Waals surface area contributed by atoms with Gasteiger partial charge in [0.05, 0.1) is 16.2 Å². The minimum Gasteiger partial charge on any atom is -0.309 e. The first-order valence-corrected chi connectivity index (χ1v) is 8.57. The van der Waals surface area contributed by atoms with Crippen LogP contribution in [0.15, 0.2) is 46.1 Å². The van der Waals surface area contributed by atoms with Gasteiger partial charge in [-0.3, -0.25) is 4.79 Å². The lowest BCUT2D eigenvalue weighted by Gasteiger charge is -2.16. The van der Waals surface area contributed by atoms with Crippen molar-refractivity contribution < 1.29 is 0 Å². The standard InChI is InChI=1S/C19H20N2OS/c1-11-9-12(2)17(13(3)10-11)23-14(4)18-20-16-8-6-5-7-15(16)19(22)21-18/h5-10,14H,1-4H3,(H,20,21,22). The van der Waals surface area contributed by atoms with Crippen molar-refractivity contribution in [3.63, 3.8) is 0 Å². The molecule has 0 fully saturated rings. The highest BCUT2D eigenvalue weighted by molar-refractivity contribution is 7.99. The Morgan fingerprint density at radius 1 is 1.09 bits per heavy atom. The summed E-state index contributed by atoms with van der Waals surface area (Å²) in [6, 6.07) is 11.8. The Kier molecular flexibility index (Phi) is 4.26. The average molecular weight is 324 g/mol. The molecule has 1 atom stereocenters. The molecule has 118 valence electrons. The molecule has 3 nitrogen and oxygen atoms in total. The molecule has 0 aliphatic carbocycles. The van der Waals surface area contributed by atoms with Crippen LogP contribution in [0.1, 0.15) is 34.7 Å². The van der Waals surface area contributed by atoms with E-state index in [9.17, 15) is 4.79 Å². The fraction of sp³-hybridized carbons (Fsp3) is 0.263. The maximum Gasteiger partial charge on any atom is 0.258 e. The number of hydrogen-bond donors (Lipinski definition) is 1. The first-order valence-electron chi connectivity index (χ1n) is 7.69. The zero-order chi connectivity index (χ0) is 16.6. The third-order valence-corrected chi connectivity index (χ3v) is 5.37. The molecule has 23 heavy (non-hydrogen) atoms. The molecule has 0 amide bonds. The number of benzene rings is 2. The normalized spacial score (nSPS) is 12.5. The minimum absolute atomic E-state index is 0.0737. The van der Waals surface area contributed by atoms with Crippen molar-refractivity contribution in [1.29, 1.82) is 0 Å². The Hall–Kier alpha value is -2.07. The molecule has 3 rings (SSSR count). The van der Waals surface area contributed by atoms with E-state index in [0.29, 0.717) is 5.39 Å². The molecule has 0 saturated carbocycles. The predicted molar refractivity (Wildman–Crippen MR) is 97.3 cm³/mol. The summed E-state index contributed by atoms with van der Waals surface area (Å²) in [7, 11) is 0. The smallest absolute Gasteiger partial charge is 0.258 e. The fourth-order valence-electron chi connectivity index (χ4n) is 2.88. The lowest BCUT2D eigenvalue weighted by Crippen LogP contribution is -2.12. The highest BCUT2D eigenvalue weighted by Gasteiger charge is 2.15. The van der Waals surface area contributed by atoms with Gasteiger partial charge in [-0.2, -0.15) is 0 Å². The monoisotopic (exact) mass is 324 g/mol. The van der Waals surface area contributed by atoms with E-state index in [-0.39, 0.29) is 10.8 Å². The van der Waals surface area contributed by atoms with Gasteiger partial charge in [-0.1, -0.05) is 29.8 Å². The lowest BCUT2D eigenvalue weighted by molar-refractivity contribution is 0.921. The summed E-state index contributed by atoms with van der Waals surface area (Å²) in [6.45, 7) is 8.45. The van der Waals surface area contributed by atoms with Crippen LogP contribution in [0.5, 0.6) is 0 Å². The lowest BCUT2D eigenvalue weighted by atomic mass is 10.1. The molecule has 2 aromatic carbocycles. The number of nitrogens with zero attached hydrogens (tertiary/aromatic N) is 1. The van der Waals surface area contributed by atoms with Gasteiger partial charge in [-0.25, -0.2) is 4.98 Å². The second kappa shape index (κ2) is 6.20. The van der Waals surface area contributed by atoms with E-state index in [2.05, 4.69) is 49.8 Å². The molecule has 0 aliphatic rings. The third-order valence-electron chi connectivity index (χ3n) is 3.92. The van der Waals surface area contributed by atoms with E-state index in [0.717, 1.165) is 11.3 Å². The number of rotatable bonds is 3. The maximum absolute atomic E-state index is 12.2. The summed E-state index contributed by atoms with van der Waals surface area (Å²) in [5.41, 5.74) is 4.48. The number of nitrogens with one attached hydrogen (secondary N) is 1. The van der Waals surface area contributed by atoms with Crippen molar-refractivity contribution >= 4 is 22.7 Å². The first kappa shape index (κ1) is 15.8. The third kappa shape index (κ3) is 3.17. The van der Waals surface area contributed by atoms with Gasteiger partial charge in [0.1, 0.15) is 5.82 Å². The maximum atomic E-state index is 12.2. The van der Waals surface area contributed by atoms with E-state index >= 15 is 0 Å². The highest BCUT2D eigenvalue weighted by Crippen LogP contribution is 2.37. The molecule has 0 bridgehead atoms. The number of hydrogen-bond acceptors (Lipinski definition) is 3. The fourth-order valence-corrected chi connectivity index (χ4v) is 3.95. The largest absolute Gasteiger partial charge is 0.309 e. The Balaban J connectivity index is 1.98. The number of para-hydroxylation sites is 1. The highest BCUT2D eigenvalue weighted by atomic mass is 32.2. The average Bonchev–Trinajstić information content (AvgIpc) is 2.50. The summed E-state index contributed by atoms with van der Waals surface area (Å²) in [5.74, 6) is 0.720. The number of thioether (sulfide) groups is 1. The summed E-state index contributed by atoms with van der Waals surface area (Å²) >= 11 is 1.74. The van der Waals surface area contributed by atoms with Crippen LogP contribution < -0.4 is 5.56 Å². The van der Waals surface area contributed by atoms with Gasteiger partial charge in [0.15, 0.2) is 0 Å². The molecule has 1 unspecified atom stereocenters. The second-order valence-corrected chi connectivity index (χ2v) is 7.31. The summed E-state index contributed by atoms with van der Waals surface area (Å²) < 4.78 is 0. The molecule has 0 spiro atoms. The molecule has 1 aromatic heterocycles. The van der Waals surface area contributed by atoms with Gasteiger partial charge in [0.25, 0.3) is 5.56 Å². The number of aromatic nitrogens is 2. The van der Waals surface area contributed by atoms with Crippen LogP contribution in [-0.4, -0.2) is 9.97 Å². The number of fused-ring (bicyclic) bond motifs is 1. The van der Waals surface area contributed by atoms with E-state index < -0.39 is 0 Å². The van der Waals surface area contributed by atoms with Crippen molar-refractivity contribution in [2.75, 3.05) is 0 Å². The van der Waals surface area contributed by atoms with E-state index in [1.165, 1.54) is 21.6 Å². The molecule has 0 saturated heterocycles. The van der Waals surface area contributed by atoms with Crippen LogP contribution in [0, 0.1) is 20.8 Å². The van der Waals surface area contributed by atoms with Crippen molar-refractivity contribution in [2.24, 2.45) is 0 Å². The van der Waals surface area contributed by atoms with E-state index in [4.69, 9.17) is 0 Å². The zero-order valence-electron chi connectivity index (χ0n) is 13.8. The number of H-pyrrole nitrogens is 1. The molecule has 3 aromatic rings. The van der Waals surface area contributed by atoms with Crippen LogP contribution >= 0.6 is 11.8 Å². The Morgan fingerprint density at radius 2 is 1.74 bits per heavy atom. The van der Waals surface area contributed by atoms with E-state index in [1.807, 2.05) is 18.2 Å². The van der Waals surface area contributed by atoms with Crippen LogP contribution in [-0.2, 0) is 0 Å². The van der Waals surface area contributed by atoms with Gasteiger partial charge in [0.2, 0.25) is 0 Å². The molecular weight excluding hydrogens is 304 g/mol. The predicted octanol–water partition coefficient (Wildman–Crippen LogP) is 4.70. The Labute approximate surface area is 140 Å². The van der Waals surface area contributed by atoms with Crippen molar-refractivity contribution in [3.8, 4) is 0 Å². The number of aryl methyl sites for hydroxylation is 3. The van der Waals surface area contributed by atoms with Crippen molar-refractivity contribution in [1.82, 2.24) is 9.97 Å². The van der Waals surface area contributed by atoms with Gasteiger partial charge >= 0.3 is 0 Å².